The van der Waals surface area contributed by atoms with Crippen LogP contribution in [-0.2, 0) is 17.5 Å². The van der Waals surface area contributed by atoms with Crippen LogP contribution in [0.4, 0.5) is 0 Å². The smallest absolute Gasteiger partial charge is 0.142 e. The van der Waals surface area contributed by atoms with Crippen molar-refractivity contribution in [1.82, 2.24) is 14.8 Å². The minimum absolute atomic E-state index is 0.839. The van der Waals surface area contributed by atoms with Gasteiger partial charge in [0.05, 0.1) is 5.75 Å². The zero-order chi connectivity index (χ0) is 9.52. The van der Waals surface area contributed by atoms with E-state index in [9.17, 15) is 0 Å². The molecule has 1 aromatic heterocycles. The third kappa shape index (κ3) is 3.78. The van der Waals surface area contributed by atoms with Crippen molar-refractivity contribution in [3.8, 4) is 0 Å². The summed E-state index contributed by atoms with van der Waals surface area (Å²) < 4.78 is 6.90. The molecule has 0 unspecified atom stereocenters. The Kier molecular flexibility index (Phi) is 4.85. The van der Waals surface area contributed by atoms with Crippen LogP contribution in [0.15, 0.2) is 6.33 Å². The molecule has 1 rings (SSSR count). The van der Waals surface area contributed by atoms with E-state index in [-0.39, 0.29) is 0 Å². The molecule has 4 nitrogen and oxygen atoms in total. The third-order valence-electron chi connectivity index (χ3n) is 1.67. The largest absolute Gasteiger partial charge is 0.385 e. The third-order valence-corrected chi connectivity index (χ3v) is 2.71. The van der Waals surface area contributed by atoms with Crippen LogP contribution < -0.4 is 0 Å². The number of thioether (sulfide) groups is 1. The van der Waals surface area contributed by atoms with E-state index in [4.69, 9.17) is 4.74 Å². The maximum absolute atomic E-state index is 4.96. The van der Waals surface area contributed by atoms with Gasteiger partial charge < -0.3 is 9.30 Å². The van der Waals surface area contributed by atoms with Crippen LogP contribution >= 0.6 is 11.8 Å². The van der Waals surface area contributed by atoms with Crippen molar-refractivity contribution < 1.29 is 4.74 Å². The topological polar surface area (TPSA) is 39.9 Å². The Morgan fingerprint density at radius 2 is 2.46 bits per heavy atom. The highest BCUT2D eigenvalue weighted by atomic mass is 32.2. The Balaban J connectivity index is 2.10. The Morgan fingerprint density at radius 1 is 1.62 bits per heavy atom. The highest BCUT2D eigenvalue weighted by Crippen LogP contribution is 2.09. The molecule has 0 bridgehead atoms. The van der Waals surface area contributed by atoms with E-state index in [1.807, 2.05) is 23.4 Å². The van der Waals surface area contributed by atoms with E-state index in [0.29, 0.717) is 0 Å². The maximum Gasteiger partial charge on any atom is 0.142 e. The number of hydrogen-bond acceptors (Lipinski definition) is 4. The fourth-order valence-electron chi connectivity index (χ4n) is 0.907. The second-order valence-corrected chi connectivity index (χ2v) is 3.86. The van der Waals surface area contributed by atoms with Crippen molar-refractivity contribution in [1.29, 1.82) is 0 Å². The van der Waals surface area contributed by atoms with Crippen molar-refractivity contribution in [2.45, 2.75) is 12.2 Å². The zero-order valence-electron chi connectivity index (χ0n) is 8.06. The molecule has 0 radical (unpaired) electrons. The van der Waals surface area contributed by atoms with Gasteiger partial charge in [0.2, 0.25) is 0 Å². The summed E-state index contributed by atoms with van der Waals surface area (Å²) >= 11 is 1.86. The quantitative estimate of drug-likeness (QED) is 0.646. The summed E-state index contributed by atoms with van der Waals surface area (Å²) in [6.45, 7) is 0.839. The summed E-state index contributed by atoms with van der Waals surface area (Å²) in [5.74, 6) is 3.07. The molecule has 1 aromatic rings. The maximum atomic E-state index is 4.96. The standard InChI is InChI=1S/C8H15N3OS/c1-11-7-9-10-8(11)6-13-5-3-4-12-2/h7H,3-6H2,1-2H3. The van der Waals surface area contributed by atoms with E-state index in [0.717, 1.165) is 30.4 Å². The first-order valence-electron chi connectivity index (χ1n) is 4.24. The van der Waals surface area contributed by atoms with Crippen LogP contribution in [0.3, 0.4) is 0 Å². The van der Waals surface area contributed by atoms with Gasteiger partial charge in [0.25, 0.3) is 0 Å². The van der Waals surface area contributed by atoms with Gasteiger partial charge in [-0.1, -0.05) is 0 Å². The fraction of sp³-hybridized carbons (Fsp3) is 0.750. The molecule has 0 aliphatic carbocycles. The van der Waals surface area contributed by atoms with E-state index in [1.165, 1.54) is 0 Å². The number of ether oxygens (including phenoxy) is 1. The van der Waals surface area contributed by atoms with Gasteiger partial charge in [-0.3, -0.25) is 0 Å². The number of hydrogen-bond donors (Lipinski definition) is 0. The predicted molar refractivity (Wildman–Crippen MR) is 53.7 cm³/mol. The van der Waals surface area contributed by atoms with Crippen LogP contribution in [-0.4, -0.2) is 34.2 Å². The highest BCUT2D eigenvalue weighted by Gasteiger charge is 1.99. The first-order chi connectivity index (χ1) is 6.34. The van der Waals surface area contributed by atoms with Gasteiger partial charge in [0, 0.05) is 20.8 Å². The summed E-state index contributed by atoms with van der Waals surface area (Å²) in [6, 6.07) is 0. The summed E-state index contributed by atoms with van der Waals surface area (Å²) in [4.78, 5) is 0. The van der Waals surface area contributed by atoms with Gasteiger partial charge in [0.15, 0.2) is 0 Å². The van der Waals surface area contributed by atoms with Crippen molar-refractivity contribution in [2.24, 2.45) is 7.05 Å². The van der Waals surface area contributed by atoms with Gasteiger partial charge in [0.1, 0.15) is 12.2 Å². The number of aromatic nitrogens is 3. The summed E-state index contributed by atoms with van der Waals surface area (Å²) in [5, 5.41) is 7.81. The molecule has 0 atom stereocenters. The lowest BCUT2D eigenvalue weighted by atomic mass is 10.5. The molecule has 74 valence electrons. The first-order valence-corrected chi connectivity index (χ1v) is 5.39. The molecule has 0 aromatic carbocycles. The van der Waals surface area contributed by atoms with Crippen LogP contribution in [0, 0.1) is 0 Å². The van der Waals surface area contributed by atoms with E-state index in [1.54, 1.807) is 13.4 Å². The molecule has 0 saturated carbocycles. The van der Waals surface area contributed by atoms with E-state index >= 15 is 0 Å². The summed E-state index contributed by atoms with van der Waals surface area (Å²) in [7, 11) is 3.69. The normalized spacial score (nSPS) is 10.6. The Hall–Kier alpha value is -0.550. The van der Waals surface area contributed by atoms with Crippen LogP contribution in [0.25, 0.3) is 0 Å². The molecule has 1 heterocycles. The number of methoxy groups -OCH3 is 1. The molecule has 0 spiro atoms. The first kappa shape index (κ1) is 10.5. The van der Waals surface area contributed by atoms with E-state index < -0.39 is 0 Å². The predicted octanol–water partition coefficient (Wildman–Crippen LogP) is 1.08. The number of aryl methyl sites for hydroxylation is 1. The number of rotatable bonds is 6. The summed E-state index contributed by atoms with van der Waals surface area (Å²) in [6.07, 6.45) is 2.82. The van der Waals surface area contributed by atoms with Gasteiger partial charge in [-0.05, 0) is 12.2 Å². The second kappa shape index (κ2) is 5.99. The van der Waals surface area contributed by atoms with Crippen molar-refractivity contribution in [3.63, 3.8) is 0 Å². The van der Waals surface area contributed by atoms with Crippen molar-refractivity contribution in [3.05, 3.63) is 12.2 Å². The SMILES string of the molecule is COCCCSCc1nncn1C. The van der Waals surface area contributed by atoms with Gasteiger partial charge in [-0.25, -0.2) is 0 Å². The average Bonchev–Trinajstić information content (AvgIpc) is 2.52. The van der Waals surface area contributed by atoms with Crippen LogP contribution in [0.1, 0.15) is 12.2 Å². The molecule has 0 saturated heterocycles. The molecule has 0 aliphatic rings. The molecule has 13 heavy (non-hydrogen) atoms. The monoisotopic (exact) mass is 201 g/mol. The summed E-state index contributed by atoms with van der Waals surface area (Å²) in [5.41, 5.74) is 0. The van der Waals surface area contributed by atoms with Gasteiger partial charge in [-0.15, -0.1) is 10.2 Å². The highest BCUT2D eigenvalue weighted by molar-refractivity contribution is 7.98. The minimum atomic E-state index is 0.839. The Bertz CT molecular complexity index is 239. The molecule has 5 heteroatoms. The Labute approximate surface area is 82.7 Å². The Morgan fingerprint density at radius 3 is 3.08 bits per heavy atom. The molecule has 0 aliphatic heterocycles. The zero-order valence-corrected chi connectivity index (χ0v) is 8.88. The minimum Gasteiger partial charge on any atom is -0.385 e. The fourth-order valence-corrected chi connectivity index (χ4v) is 1.82. The lowest BCUT2D eigenvalue weighted by Crippen LogP contribution is -1.96. The molecular weight excluding hydrogens is 186 g/mol. The average molecular weight is 201 g/mol. The molecule has 0 fully saturated rings. The van der Waals surface area contributed by atoms with Crippen LogP contribution in [0.5, 0.6) is 0 Å². The lowest BCUT2D eigenvalue weighted by molar-refractivity contribution is 0.200. The molecule has 0 N–H and O–H groups in total. The molecular formula is C8H15N3OS. The van der Waals surface area contributed by atoms with Gasteiger partial charge >= 0.3 is 0 Å². The number of nitrogens with zero attached hydrogens (tertiary/aromatic N) is 3. The van der Waals surface area contributed by atoms with E-state index in [2.05, 4.69) is 10.2 Å². The second-order valence-electron chi connectivity index (χ2n) is 2.76. The molecule has 0 amide bonds. The van der Waals surface area contributed by atoms with Crippen molar-refractivity contribution in [2.75, 3.05) is 19.5 Å². The van der Waals surface area contributed by atoms with Gasteiger partial charge in [-0.2, -0.15) is 11.8 Å². The van der Waals surface area contributed by atoms with Crippen molar-refractivity contribution >= 4 is 11.8 Å². The lowest BCUT2D eigenvalue weighted by Gasteiger charge is -2.00. The van der Waals surface area contributed by atoms with Crippen LogP contribution in [0.2, 0.25) is 0 Å².